The number of rotatable bonds is 5. The van der Waals surface area contributed by atoms with E-state index in [0.717, 1.165) is 16.5 Å². The van der Waals surface area contributed by atoms with E-state index in [2.05, 4.69) is 4.98 Å². The Kier molecular flexibility index (Phi) is 6.87. The third-order valence-electron chi connectivity index (χ3n) is 5.88. The van der Waals surface area contributed by atoms with Crippen molar-refractivity contribution in [2.24, 2.45) is 5.92 Å². The Bertz CT molecular complexity index is 911. The van der Waals surface area contributed by atoms with Crippen molar-refractivity contribution >= 4 is 23.2 Å². The molecule has 31 heavy (non-hydrogen) atoms. The number of benzene rings is 1. The first-order valence-corrected chi connectivity index (χ1v) is 11.6. The lowest BCUT2D eigenvalue weighted by Gasteiger charge is -2.39. The number of carbonyl (C=O) groups excluding carboxylic acids is 2. The number of thiazole rings is 1. The molecule has 2 saturated heterocycles. The lowest BCUT2D eigenvalue weighted by molar-refractivity contribution is -0.137. The molecule has 0 saturated carbocycles. The Morgan fingerprint density at radius 2 is 1.87 bits per heavy atom. The highest BCUT2D eigenvalue weighted by molar-refractivity contribution is 7.13. The summed E-state index contributed by atoms with van der Waals surface area (Å²) in [5.74, 6) is 0.840. The van der Waals surface area contributed by atoms with Crippen molar-refractivity contribution in [2.45, 2.75) is 32.8 Å². The molecule has 2 aromatic rings. The maximum absolute atomic E-state index is 13.2. The van der Waals surface area contributed by atoms with Crippen molar-refractivity contribution in [1.82, 2.24) is 14.8 Å². The number of aromatic nitrogens is 1. The number of likely N-dealkylation sites (tertiary alicyclic amines) is 1. The molecule has 166 valence electrons. The van der Waals surface area contributed by atoms with Gasteiger partial charge in [-0.05, 0) is 26.0 Å². The second-order valence-corrected chi connectivity index (χ2v) is 9.32. The van der Waals surface area contributed by atoms with Gasteiger partial charge in [-0.25, -0.2) is 4.98 Å². The van der Waals surface area contributed by atoms with Crippen LogP contribution in [-0.4, -0.2) is 72.1 Å². The van der Waals surface area contributed by atoms with Gasteiger partial charge < -0.3 is 19.3 Å². The highest BCUT2D eigenvalue weighted by Gasteiger charge is 2.36. The molecule has 2 aliphatic heterocycles. The molecule has 1 aromatic carbocycles. The van der Waals surface area contributed by atoms with Gasteiger partial charge in [0.05, 0.1) is 23.9 Å². The topological polar surface area (TPSA) is 72.0 Å². The summed E-state index contributed by atoms with van der Waals surface area (Å²) >= 11 is 1.43. The molecule has 8 heteroatoms. The minimum absolute atomic E-state index is 0.00471. The van der Waals surface area contributed by atoms with Crippen molar-refractivity contribution < 1.29 is 19.1 Å². The van der Waals surface area contributed by atoms with Crippen LogP contribution in [-0.2, 0) is 9.53 Å². The number of nitrogens with zero attached hydrogens (tertiary/aromatic N) is 3. The monoisotopic (exact) mass is 443 g/mol. The molecule has 2 amide bonds. The van der Waals surface area contributed by atoms with Crippen molar-refractivity contribution in [3.8, 4) is 5.75 Å². The molecular formula is C23H29N3O4S. The molecule has 1 aromatic heterocycles. The van der Waals surface area contributed by atoms with Gasteiger partial charge in [-0.2, -0.15) is 0 Å². The van der Waals surface area contributed by atoms with Crippen LogP contribution in [0, 0.1) is 19.8 Å². The molecule has 2 atom stereocenters. The van der Waals surface area contributed by atoms with E-state index in [4.69, 9.17) is 9.47 Å². The van der Waals surface area contributed by atoms with Crippen molar-refractivity contribution in [3.63, 3.8) is 0 Å². The average molecular weight is 444 g/mol. The average Bonchev–Trinajstić information content (AvgIpc) is 3.13. The van der Waals surface area contributed by atoms with Crippen LogP contribution < -0.4 is 4.74 Å². The van der Waals surface area contributed by atoms with Gasteiger partial charge in [0.2, 0.25) is 5.91 Å². The zero-order chi connectivity index (χ0) is 21.8. The van der Waals surface area contributed by atoms with E-state index in [1.807, 2.05) is 54.0 Å². The molecule has 0 radical (unpaired) electrons. The summed E-state index contributed by atoms with van der Waals surface area (Å²) in [6.07, 6.45) is 0.946. The van der Waals surface area contributed by atoms with Gasteiger partial charge in [-0.3, -0.25) is 9.59 Å². The van der Waals surface area contributed by atoms with Crippen LogP contribution in [0.2, 0.25) is 0 Å². The second-order valence-electron chi connectivity index (χ2n) is 8.11. The molecule has 4 rings (SSSR count). The van der Waals surface area contributed by atoms with Gasteiger partial charge in [0.15, 0.2) is 0 Å². The van der Waals surface area contributed by atoms with Crippen LogP contribution in [0.25, 0.3) is 0 Å². The Labute approximate surface area is 187 Å². The first-order chi connectivity index (χ1) is 15.0. The fourth-order valence-corrected chi connectivity index (χ4v) is 5.15. The lowest BCUT2D eigenvalue weighted by atomic mass is 9.90. The van der Waals surface area contributed by atoms with E-state index in [0.29, 0.717) is 57.1 Å². The maximum atomic E-state index is 13.2. The highest BCUT2D eigenvalue weighted by Crippen LogP contribution is 2.29. The summed E-state index contributed by atoms with van der Waals surface area (Å²) in [4.78, 5) is 35.0. The molecule has 0 unspecified atom stereocenters. The molecule has 3 heterocycles. The summed E-state index contributed by atoms with van der Waals surface area (Å²) in [6.45, 7) is 7.30. The van der Waals surface area contributed by atoms with Gasteiger partial charge >= 0.3 is 0 Å². The first-order valence-electron chi connectivity index (χ1n) is 10.8. The van der Waals surface area contributed by atoms with Gasteiger partial charge in [-0.1, -0.05) is 18.2 Å². The van der Waals surface area contributed by atoms with Gasteiger partial charge in [-0.15, -0.1) is 11.3 Å². The molecule has 0 aliphatic carbocycles. The van der Waals surface area contributed by atoms with E-state index in [-0.39, 0.29) is 23.8 Å². The van der Waals surface area contributed by atoms with E-state index in [1.54, 1.807) is 0 Å². The lowest BCUT2D eigenvalue weighted by Crippen LogP contribution is -2.50. The number of piperidine rings is 1. The zero-order valence-electron chi connectivity index (χ0n) is 18.1. The largest absolute Gasteiger partial charge is 0.490 e. The second kappa shape index (κ2) is 9.78. The predicted molar refractivity (Wildman–Crippen MR) is 118 cm³/mol. The SMILES string of the molecule is Cc1nc(C)c(C(=O)N2CC[C@H](Oc3ccccc3)[C@@H](CC(=O)N3CCOCC3)C2)s1. The van der Waals surface area contributed by atoms with E-state index >= 15 is 0 Å². The van der Waals surface area contributed by atoms with E-state index in [1.165, 1.54) is 11.3 Å². The first kappa shape index (κ1) is 21.8. The van der Waals surface area contributed by atoms with Gasteiger partial charge in [0.1, 0.15) is 16.7 Å². The number of hydrogen-bond acceptors (Lipinski definition) is 6. The predicted octanol–water partition coefficient (Wildman–Crippen LogP) is 2.92. The van der Waals surface area contributed by atoms with Crippen LogP contribution >= 0.6 is 11.3 Å². The minimum Gasteiger partial charge on any atom is -0.490 e. The number of morpholine rings is 1. The number of para-hydroxylation sites is 1. The molecule has 0 N–H and O–H groups in total. The summed E-state index contributed by atoms with van der Waals surface area (Å²) in [7, 11) is 0. The zero-order valence-corrected chi connectivity index (χ0v) is 18.9. The minimum atomic E-state index is -0.110. The van der Waals surface area contributed by atoms with Crippen LogP contribution in [0.1, 0.15) is 33.2 Å². The number of hydrogen-bond donors (Lipinski definition) is 0. The van der Waals surface area contributed by atoms with E-state index < -0.39 is 0 Å². The molecule has 2 fully saturated rings. The van der Waals surface area contributed by atoms with Crippen LogP contribution in [0.4, 0.5) is 0 Å². The Hall–Kier alpha value is -2.45. The van der Waals surface area contributed by atoms with Crippen molar-refractivity contribution in [1.29, 1.82) is 0 Å². The fraction of sp³-hybridized carbons (Fsp3) is 0.522. The molecule has 2 aliphatic rings. The third-order valence-corrected chi connectivity index (χ3v) is 6.94. The molecule has 7 nitrogen and oxygen atoms in total. The summed E-state index contributed by atoms with van der Waals surface area (Å²) in [5.41, 5.74) is 0.774. The van der Waals surface area contributed by atoms with Crippen LogP contribution in [0.5, 0.6) is 5.75 Å². The standard InChI is InChI=1S/C23H29N3O4S/c1-16-22(31-17(2)24-16)23(28)26-9-8-20(30-19-6-4-3-5-7-19)18(15-26)14-21(27)25-10-12-29-13-11-25/h3-7,18,20H,8-15H2,1-2H3/t18-,20-/m0/s1. The summed E-state index contributed by atoms with van der Waals surface area (Å²) < 4.78 is 11.6. The quantitative estimate of drug-likeness (QED) is 0.711. The summed E-state index contributed by atoms with van der Waals surface area (Å²) in [6, 6.07) is 9.70. The van der Waals surface area contributed by atoms with Crippen LogP contribution in [0.15, 0.2) is 30.3 Å². The van der Waals surface area contributed by atoms with Crippen LogP contribution in [0.3, 0.4) is 0 Å². The smallest absolute Gasteiger partial charge is 0.265 e. The third kappa shape index (κ3) is 5.25. The van der Waals surface area contributed by atoms with Gasteiger partial charge in [0.25, 0.3) is 5.91 Å². The molecule has 0 bridgehead atoms. The van der Waals surface area contributed by atoms with Crippen molar-refractivity contribution in [3.05, 3.63) is 45.9 Å². The number of amides is 2. The molecule has 0 spiro atoms. The highest BCUT2D eigenvalue weighted by atomic mass is 32.1. The normalized spacial score (nSPS) is 21.7. The van der Waals surface area contributed by atoms with E-state index in [9.17, 15) is 9.59 Å². The Balaban J connectivity index is 1.49. The number of carbonyl (C=O) groups is 2. The van der Waals surface area contributed by atoms with Gasteiger partial charge in [0, 0.05) is 44.9 Å². The maximum Gasteiger partial charge on any atom is 0.265 e. The number of aryl methyl sites for hydroxylation is 2. The van der Waals surface area contributed by atoms with Crippen molar-refractivity contribution in [2.75, 3.05) is 39.4 Å². The fourth-order valence-electron chi connectivity index (χ4n) is 4.26. The number of ether oxygens (including phenoxy) is 2. The molecular weight excluding hydrogens is 414 g/mol. The Morgan fingerprint density at radius 1 is 1.13 bits per heavy atom. The Morgan fingerprint density at radius 3 is 2.55 bits per heavy atom. The summed E-state index contributed by atoms with van der Waals surface area (Å²) in [5, 5.41) is 0.891.